The first kappa shape index (κ1) is 17.7. The van der Waals surface area contributed by atoms with Crippen LogP contribution in [0.2, 0.25) is 4.34 Å². The Morgan fingerprint density at radius 2 is 1.85 bits per heavy atom. The van der Waals surface area contributed by atoms with E-state index >= 15 is 0 Å². The Hall–Kier alpha value is -1.73. The minimum Gasteiger partial charge on any atom is -0.296 e. The maximum atomic E-state index is 12.3. The van der Waals surface area contributed by atoms with Crippen LogP contribution >= 0.6 is 22.9 Å². The number of pyridine rings is 1. The van der Waals surface area contributed by atoms with Crippen molar-refractivity contribution < 1.29 is 0 Å². The van der Waals surface area contributed by atoms with Crippen LogP contribution in [-0.2, 0) is 13.1 Å². The third-order valence-corrected chi connectivity index (χ3v) is 6.01. The van der Waals surface area contributed by atoms with Crippen molar-refractivity contribution in [3.05, 3.63) is 67.4 Å². The summed E-state index contributed by atoms with van der Waals surface area (Å²) in [6.07, 6.45) is 1.77. The van der Waals surface area contributed by atoms with Gasteiger partial charge >= 0.3 is 0 Å². The van der Waals surface area contributed by atoms with E-state index in [2.05, 4.69) is 15.9 Å². The molecule has 1 fully saturated rings. The third-order valence-electron chi connectivity index (χ3n) is 4.80. The highest BCUT2D eigenvalue weighted by molar-refractivity contribution is 7.16. The van der Waals surface area contributed by atoms with Gasteiger partial charge < -0.3 is 0 Å². The molecule has 1 aliphatic rings. The van der Waals surface area contributed by atoms with E-state index in [1.165, 1.54) is 4.88 Å². The average molecular weight is 389 g/mol. The predicted molar refractivity (Wildman–Crippen MR) is 106 cm³/mol. The van der Waals surface area contributed by atoms with Gasteiger partial charge in [-0.3, -0.25) is 19.0 Å². The van der Waals surface area contributed by atoms with Gasteiger partial charge in [-0.25, -0.2) is 4.98 Å². The number of piperazine rings is 1. The summed E-state index contributed by atoms with van der Waals surface area (Å²) < 4.78 is 2.46. The Kier molecular flexibility index (Phi) is 5.09. The van der Waals surface area contributed by atoms with E-state index in [4.69, 9.17) is 16.6 Å². The highest BCUT2D eigenvalue weighted by Crippen LogP contribution is 2.23. The highest BCUT2D eigenvalue weighted by Gasteiger charge is 2.18. The van der Waals surface area contributed by atoms with E-state index in [0.717, 1.165) is 60.5 Å². The second-order valence-corrected chi connectivity index (χ2v) is 8.53. The Morgan fingerprint density at radius 3 is 2.54 bits per heavy atom. The van der Waals surface area contributed by atoms with Crippen LogP contribution in [0.5, 0.6) is 0 Å². The molecule has 4 heterocycles. The number of halogens is 1. The second-order valence-electron chi connectivity index (χ2n) is 6.73. The van der Waals surface area contributed by atoms with E-state index in [1.54, 1.807) is 28.0 Å². The van der Waals surface area contributed by atoms with Crippen molar-refractivity contribution in [2.24, 2.45) is 0 Å². The van der Waals surface area contributed by atoms with Gasteiger partial charge in [0.05, 0.1) is 10.0 Å². The number of hydrogen-bond acceptors (Lipinski definition) is 5. The minimum absolute atomic E-state index is 0.0121. The number of thiophene rings is 1. The fourth-order valence-corrected chi connectivity index (χ4v) is 4.51. The van der Waals surface area contributed by atoms with Gasteiger partial charge in [0.2, 0.25) is 0 Å². The third kappa shape index (κ3) is 3.83. The number of aryl methyl sites for hydroxylation is 1. The molecule has 3 aromatic rings. The van der Waals surface area contributed by atoms with Gasteiger partial charge in [0, 0.05) is 56.4 Å². The quantitative estimate of drug-likeness (QED) is 0.688. The molecule has 0 atom stereocenters. The van der Waals surface area contributed by atoms with E-state index in [9.17, 15) is 4.79 Å². The summed E-state index contributed by atoms with van der Waals surface area (Å²) >= 11 is 7.67. The lowest BCUT2D eigenvalue weighted by Crippen LogP contribution is -2.45. The second kappa shape index (κ2) is 7.48. The van der Waals surface area contributed by atoms with Crippen molar-refractivity contribution >= 4 is 28.6 Å². The Labute approximate surface area is 161 Å². The van der Waals surface area contributed by atoms with Crippen molar-refractivity contribution in [1.29, 1.82) is 0 Å². The molecule has 0 radical (unpaired) electrons. The average Bonchev–Trinajstić information content (AvgIpc) is 3.03. The van der Waals surface area contributed by atoms with Crippen LogP contribution in [0, 0.1) is 6.92 Å². The van der Waals surface area contributed by atoms with Crippen LogP contribution in [0.1, 0.15) is 16.1 Å². The smallest absolute Gasteiger partial charge is 0.258 e. The molecular formula is C19H21ClN4OS. The van der Waals surface area contributed by atoms with Crippen LogP contribution in [0.4, 0.5) is 0 Å². The fourth-order valence-electron chi connectivity index (χ4n) is 3.38. The van der Waals surface area contributed by atoms with Crippen molar-refractivity contribution in [3.8, 4) is 0 Å². The summed E-state index contributed by atoms with van der Waals surface area (Å²) in [5.41, 5.74) is 2.61. The van der Waals surface area contributed by atoms with E-state index < -0.39 is 0 Å². The van der Waals surface area contributed by atoms with E-state index in [0.29, 0.717) is 0 Å². The van der Waals surface area contributed by atoms with Gasteiger partial charge in [0.15, 0.2) is 0 Å². The minimum atomic E-state index is -0.0121. The van der Waals surface area contributed by atoms with E-state index in [1.807, 2.05) is 25.1 Å². The Bertz CT molecular complexity index is 975. The molecule has 0 N–H and O–H groups in total. The van der Waals surface area contributed by atoms with Gasteiger partial charge in [-0.2, -0.15) is 0 Å². The SMILES string of the molecule is Cc1cccn2c(=O)cc(CN3CCN(Cc4ccc(Cl)s4)CC3)nc12. The summed E-state index contributed by atoms with van der Waals surface area (Å²) in [6, 6.07) is 9.59. The number of rotatable bonds is 4. The molecule has 0 amide bonds. The Morgan fingerprint density at radius 1 is 1.12 bits per heavy atom. The first-order valence-electron chi connectivity index (χ1n) is 8.75. The van der Waals surface area contributed by atoms with Gasteiger partial charge in [0.25, 0.3) is 5.56 Å². The maximum absolute atomic E-state index is 12.3. The molecule has 0 saturated carbocycles. The molecule has 0 aliphatic carbocycles. The van der Waals surface area contributed by atoms with Gasteiger partial charge in [-0.15, -0.1) is 11.3 Å². The number of hydrogen-bond donors (Lipinski definition) is 0. The summed E-state index contributed by atoms with van der Waals surface area (Å²) in [6.45, 7) is 7.66. The number of nitrogens with zero attached hydrogens (tertiary/aromatic N) is 4. The molecule has 1 saturated heterocycles. The van der Waals surface area contributed by atoms with Crippen LogP contribution in [0.25, 0.3) is 5.65 Å². The van der Waals surface area contributed by atoms with E-state index in [-0.39, 0.29) is 5.56 Å². The van der Waals surface area contributed by atoms with Crippen molar-refractivity contribution in [1.82, 2.24) is 19.2 Å². The van der Waals surface area contributed by atoms with Crippen LogP contribution in [-0.4, -0.2) is 45.4 Å². The Balaban J connectivity index is 1.40. The molecule has 3 aromatic heterocycles. The molecular weight excluding hydrogens is 368 g/mol. The first-order chi connectivity index (χ1) is 12.6. The molecule has 136 valence electrons. The fraction of sp³-hybridized carbons (Fsp3) is 0.368. The van der Waals surface area contributed by atoms with Crippen molar-refractivity contribution in [2.45, 2.75) is 20.0 Å². The zero-order valence-electron chi connectivity index (χ0n) is 14.7. The lowest BCUT2D eigenvalue weighted by Gasteiger charge is -2.34. The lowest BCUT2D eigenvalue weighted by molar-refractivity contribution is 0.122. The van der Waals surface area contributed by atoms with Crippen molar-refractivity contribution in [3.63, 3.8) is 0 Å². The normalized spacial score (nSPS) is 16.4. The van der Waals surface area contributed by atoms with Crippen LogP contribution < -0.4 is 5.56 Å². The van der Waals surface area contributed by atoms with Gasteiger partial charge in [-0.05, 0) is 30.7 Å². The van der Waals surface area contributed by atoms with Gasteiger partial charge in [-0.1, -0.05) is 17.7 Å². The molecule has 0 spiro atoms. The standard InChI is InChI=1S/C19H21ClN4OS/c1-14-3-2-6-24-18(25)11-15(21-19(14)24)12-22-7-9-23(10-8-22)13-16-4-5-17(20)26-16/h2-6,11H,7-10,12-13H2,1H3. The highest BCUT2D eigenvalue weighted by atomic mass is 35.5. The predicted octanol–water partition coefficient (Wildman–Crippen LogP) is 3.04. The number of aromatic nitrogens is 2. The maximum Gasteiger partial charge on any atom is 0.258 e. The summed E-state index contributed by atoms with van der Waals surface area (Å²) in [7, 11) is 0. The summed E-state index contributed by atoms with van der Waals surface area (Å²) in [5, 5.41) is 0. The molecule has 0 bridgehead atoms. The number of fused-ring (bicyclic) bond motifs is 1. The monoisotopic (exact) mass is 388 g/mol. The largest absolute Gasteiger partial charge is 0.296 e. The molecule has 4 rings (SSSR count). The molecule has 0 unspecified atom stereocenters. The topological polar surface area (TPSA) is 40.9 Å². The lowest BCUT2D eigenvalue weighted by atomic mass is 10.2. The van der Waals surface area contributed by atoms with Crippen LogP contribution in [0.3, 0.4) is 0 Å². The van der Waals surface area contributed by atoms with Crippen LogP contribution in [0.15, 0.2) is 41.3 Å². The zero-order valence-corrected chi connectivity index (χ0v) is 16.3. The molecule has 26 heavy (non-hydrogen) atoms. The molecule has 7 heteroatoms. The molecule has 5 nitrogen and oxygen atoms in total. The van der Waals surface area contributed by atoms with Crippen molar-refractivity contribution in [2.75, 3.05) is 26.2 Å². The summed E-state index contributed by atoms with van der Waals surface area (Å²) in [4.78, 5) is 23.2. The molecule has 1 aliphatic heterocycles. The first-order valence-corrected chi connectivity index (χ1v) is 9.95. The van der Waals surface area contributed by atoms with Gasteiger partial charge in [0.1, 0.15) is 5.65 Å². The zero-order chi connectivity index (χ0) is 18.1. The summed E-state index contributed by atoms with van der Waals surface area (Å²) in [5.74, 6) is 0. The molecule has 0 aromatic carbocycles.